The van der Waals surface area contributed by atoms with Gasteiger partial charge in [-0.25, -0.2) is 4.79 Å². The fraction of sp³-hybridized carbons (Fsp3) is 0.640. The molecule has 1 saturated carbocycles. The molecule has 0 spiro atoms. The number of halogens is 1. The molecule has 7 atom stereocenters. The fourth-order valence-corrected chi connectivity index (χ4v) is 4.87. The van der Waals surface area contributed by atoms with Crippen LogP contribution in [-0.2, 0) is 14.3 Å². The van der Waals surface area contributed by atoms with Crippen molar-refractivity contribution in [3.05, 3.63) is 41.4 Å². The van der Waals surface area contributed by atoms with E-state index in [1.165, 1.54) is 0 Å². The maximum atomic E-state index is 11.3. The van der Waals surface area contributed by atoms with E-state index < -0.39 is 24.3 Å². The summed E-state index contributed by atoms with van der Waals surface area (Å²) in [5.41, 5.74) is 0. The number of hydrogen-bond donors (Lipinski definition) is 3. The van der Waals surface area contributed by atoms with E-state index in [2.05, 4.69) is 0 Å². The summed E-state index contributed by atoms with van der Waals surface area (Å²) in [6.07, 6.45) is 4.90. The lowest BCUT2D eigenvalue weighted by atomic mass is 9.87. The molecule has 3 rings (SSSR count). The maximum absolute atomic E-state index is 11.3. The number of carboxylic acids is 1. The molecule has 1 unspecified atom stereocenters. The van der Waals surface area contributed by atoms with E-state index in [4.69, 9.17) is 25.8 Å². The van der Waals surface area contributed by atoms with E-state index >= 15 is 0 Å². The van der Waals surface area contributed by atoms with Crippen LogP contribution in [-0.4, -0.2) is 65.5 Å². The van der Waals surface area contributed by atoms with Gasteiger partial charge in [0.25, 0.3) is 0 Å². The minimum Gasteiger partial charge on any atom is -0.491 e. The molecular weight excluding hydrogens is 448 g/mol. The molecule has 0 bridgehead atoms. The Kier molecular flexibility index (Phi) is 10.0. The molecule has 1 aliphatic carbocycles. The summed E-state index contributed by atoms with van der Waals surface area (Å²) in [7, 11) is 0. The third-order valence-electron chi connectivity index (χ3n) is 6.48. The van der Waals surface area contributed by atoms with Crippen LogP contribution in [0.25, 0.3) is 0 Å². The Bertz CT molecular complexity index is 786. The Morgan fingerprint density at radius 3 is 2.91 bits per heavy atom. The average Bonchev–Trinajstić information content (AvgIpc) is 2.94. The molecule has 2 fully saturated rings. The van der Waals surface area contributed by atoms with Crippen LogP contribution in [0.4, 0.5) is 0 Å². The predicted molar refractivity (Wildman–Crippen MR) is 124 cm³/mol. The zero-order chi connectivity index (χ0) is 23.8. The smallest absolute Gasteiger partial charge is 0.332 e. The highest BCUT2D eigenvalue weighted by molar-refractivity contribution is 6.30. The summed E-state index contributed by atoms with van der Waals surface area (Å²) >= 11 is 5.94. The molecule has 0 aromatic heterocycles. The third kappa shape index (κ3) is 7.69. The number of aliphatic hydroxyl groups excluding tert-OH is 2. The zero-order valence-corrected chi connectivity index (χ0v) is 19.8. The standard InChI is InChI=1S/C25H35ClO7/c1-2-4-23(25(29)30)32-13-16-7-9-21-20(22(28)12-24(21)33-14-16)10-8-18(27)15-31-19-6-3-5-17(26)11-19/h3,5-6,8,10-11,16,18,20-24,27-28H,2,4,7,9,12-15H2,1H3,(H,29,30)/b10-8+/t16-,18+,20+,21+,22+,23?,24-/m0/s1. The van der Waals surface area contributed by atoms with Crippen LogP contribution >= 0.6 is 11.6 Å². The molecule has 1 heterocycles. The van der Waals surface area contributed by atoms with Gasteiger partial charge in [0.15, 0.2) is 6.10 Å². The number of carbonyl (C=O) groups is 1. The summed E-state index contributed by atoms with van der Waals surface area (Å²) in [5.74, 6) is -0.164. The first-order valence-corrected chi connectivity index (χ1v) is 12.1. The van der Waals surface area contributed by atoms with Gasteiger partial charge in [-0.2, -0.15) is 0 Å². The summed E-state index contributed by atoms with van der Waals surface area (Å²) in [6.45, 7) is 2.89. The highest BCUT2D eigenvalue weighted by Gasteiger charge is 2.43. The number of fused-ring (bicyclic) bond motifs is 1. The Hall–Kier alpha value is -1.64. The van der Waals surface area contributed by atoms with E-state index in [-0.39, 0.29) is 30.5 Å². The number of aliphatic hydroxyl groups is 2. The van der Waals surface area contributed by atoms with E-state index in [9.17, 15) is 20.1 Å². The van der Waals surface area contributed by atoms with Crippen molar-refractivity contribution >= 4 is 17.6 Å². The number of aliphatic carboxylic acids is 1. The van der Waals surface area contributed by atoms with Crippen molar-refractivity contribution in [1.29, 1.82) is 0 Å². The number of benzene rings is 1. The van der Waals surface area contributed by atoms with Gasteiger partial charge < -0.3 is 29.5 Å². The van der Waals surface area contributed by atoms with E-state index in [1.807, 2.05) is 13.0 Å². The molecule has 3 N–H and O–H groups in total. The van der Waals surface area contributed by atoms with Crippen LogP contribution < -0.4 is 4.74 Å². The largest absolute Gasteiger partial charge is 0.491 e. The van der Waals surface area contributed by atoms with Crippen molar-refractivity contribution in [2.45, 2.75) is 63.4 Å². The van der Waals surface area contributed by atoms with Crippen molar-refractivity contribution in [3.63, 3.8) is 0 Å². The molecule has 1 aromatic carbocycles. The second-order valence-electron chi connectivity index (χ2n) is 9.03. The van der Waals surface area contributed by atoms with Gasteiger partial charge in [-0.15, -0.1) is 0 Å². The first-order chi connectivity index (χ1) is 15.9. The molecule has 0 amide bonds. The minimum atomic E-state index is -0.922. The zero-order valence-electron chi connectivity index (χ0n) is 19.0. The highest BCUT2D eigenvalue weighted by Crippen LogP contribution is 2.41. The second-order valence-corrected chi connectivity index (χ2v) is 9.47. The van der Waals surface area contributed by atoms with Crippen LogP contribution in [0, 0.1) is 17.8 Å². The Morgan fingerprint density at radius 2 is 2.18 bits per heavy atom. The molecular formula is C25H35ClO7. The Morgan fingerprint density at radius 1 is 1.36 bits per heavy atom. The number of rotatable bonds is 11. The Balaban J connectivity index is 1.50. The predicted octanol–water partition coefficient (Wildman–Crippen LogP) is 3.70. The first-order valence-electron chi connectivity index (χ1n) is 11.8. The summed E-state index contributed by atoms with van der Waals surface area (Å²) < 4.78 is 17.3. The van der Waals surface area contributed by atoms with E-state index in [0.29, 0.717) is 36.8 Å². The maximum Gasteiger partial charge on any atom is 0.332 e. The van der Waals surface area contributed by atoms with Crippen molar-refractivity contribution in [2.75, 3.05) is 19.8 Å². The topological polar surface area (TPSA) is 105 Å². The summed E-state index contributed by atoms with van der Waals surface area (Å²) in [6, 6.07) is 7.00. The molecule has 1 aliphatic heterocycles. The van der Waals surface area contributed by atoms with Crippen LogP contribution in [0.2, 0.25) is 5.02 Å². The van der Waals surface area contributed by atoms with Gasteiger partial charge >= 0.3 is 5.97 Å². The van der Waals surface area contributed by atoms with Crippen LogP contribution in [0.3, 0.4) is 0 Å². The van der Waals surface area contributed by atoms with Gasteiger partial charge in [-0.3, -0.25) is 0 Å². The molecule has 8 heteroatoms. The molecule has 1 aromatic rings. The molecule has 2 aliphatic rings. The lowest BCUT2D eigenvalue weighted by Gasteiger charge is -2.21. The molecule has 33 heavy (non-hydrogen) atoms. The number of carboxylic acid groups (broad SMARTS) is 1. The van der Waals surface area contributed by atoms with Gasteiger partial charge in [0.1, 0.15) is 18.5 Å². The molecule has 7 nitrogen and oxygen atoms in total. The van der Waals surface area contributed by atoms with Crippen LogP contribution in [0.15, 0.2) is 36.4 Å². The van der Waals surface area contributed by atoms with Crippen LogP contribution in [0.5, 0.6) is 5.75 Å². The number of ether oxygens (including phenoxy) is 3. The molecule has 1 saturated heterocycles. The van der Waals surface area contributed by atoms with Gasteiger partial charge in [0, 0.05) is 23.3 Å². The third-order valence-corrected chi connectivity index (χ3v) is 6.71. The monoisotopic (exact) mass is 482 g/mol. The van der Waals surface area contributed by atoms with E-state index in [1.54, 1.807) is 30.3 Å². The number of hydrogen-bond acceptors (Lipinski definition) is 6. The van der Waals surface area contributed by atoms with Gasteiger partial charge in [-0.05, 0) is 43.4 Å². The lowest BCUT2D eigenvalue weighted by molar-refractivity contribution is -0.152. The SMILES string of the molecule is CCCC(OC[C@@H]1CC[C@@H]2[C@@H](/C=C/[C@@H](O)COc3cccc(Cl)c3)[C@H](O)C[C@@H]2OC1)C(=O)O. The van der Waals surface area contributed by atoms with Gasteiger partial charge in [-0.1, -0.05) is 43.2 Å². The Labute approximate surface area is 200 Å². The molecule has 0 radical (unpaired) electrons. The normalized spacial score (nSPS) is 29.4. The molecule has 184 valence electrons. The van der Waals surface area contributed by atoms with Crippen LogP contribution in [0.1, 0.15) is 39.0 Å². The lowest BCUT2D eigenvalue weighted by Crippen LogP contribution is -2.27. The first kappa shape index (κ1) is 26.0. The van der Waals surface area contributed by atoms with Crippen molar-refractivity contribution < 1.29 is 34.3 Å². The second kappa shape index (κ2) is 12.7. The summed E-state index contributed by atoms with van der Waals surface area (Å²) in [4.78, 5) is 11.3. The van der Waals surface area contributed by atoms with Crippen molar-refractivity contribution in [1.82, 2.24) is 0 Å². The van der Waals surface area contributed by atoms with E-state index in [0.717, 1.165) is 19.3 Å². The minimum absolute atomic E-state index is 0.0505. The average molecular weight is 483 g/mol. The van der Waals surface area contributed by atoms with Crippen molar-refractivity contribution in [2.24, 2.45) is 17.8 Å². The summed E-state index contributed by atoms with van der Waals surface area (Å²) in [5, 5.41) is 30.7. The van der Waals surface area contributed by atoms with Gasteiger partial charge in [0.2, 0.25) is 0 Å². The van der Waals surface area contributed by atoms with Crippen molar-refractivity contribution in [3.8, 4) is 5.75 Å². The quantitative estimate of drug-likeness (QED) is 0.413. The highest BCUT2D eigenvalue weighted by atomic mass is 35.5. The van der Waals surface area contributed by atoms with Gasteiger partial charge in [0.05, 0.1) is 25.4 Å². The fourth-order valence-electron chi connectivity index (χ4n) is 4.69.